The van der Waals surface area contributed by atoms with Gasteiger partial charge in [-0.2, -0.15) is 0 Å². The van der Waals surface area contributed by atoms with E-state index in [1.54, 1.807) is 44.2 Å². The summed E-state index contributed by atoms with van der Waals surface area (Å²) in [6.07, 6.45) is 0.424. The van der Waals surface area contributed by atoms with E-state index in [1.165, 1.54) is 18.2 Å². The molecule has 32 heavy (non-hydrogen) atoms. The molecule has 0 bridgehead atoms. The average molecular weight is 507 g/mol. The number of thiocarbonyl (C=S) groups is 1. The van der Waals surface area contributed by atoms with Gasteiger partial charge in [0.2, 0.25) is 0 Å². The minimum atomic E-state index is -3.59. The molecule has 2 aromatic carbocycles. The number of carbonyl (C=O) groups is 1. The molecule has 0 amide bonds. The number of aryl methyl sites for hydroxylation is 2. The first kappa shape index (κ1) is 24.5. The van der Waals surface area contributed by atoms with E-state index in [0.717, 1.165) is 17.0 Å². The lowest BCUT2D eigenvalue weighted by molar-refractivity contribution is 0.100. The lowest BCUT2D eigenvalue weighted by Crippen LogP contribution is -2.11. The van der Waals surface area contributed by atoms with Crippen molar-refractivity contribution >= 4 is 55.9 Å². The van der Waals surface area contributed by atoms with Gasteiger partial charge in [-0.25, -0.2) is 18.4 Å². The lowest BCUT2D eigenvalue weighted by atomic mass is 10.0. The van der Waals surface area contributed by atoms with Gasteiger partial charge in [0.05, 0.1) is 9.92 Å². The molecule has 0 saturated heterocycles. The molecule has 166 valence electrons. The minimum absolute atomic E-state index is 0.0563. The maximum Gasteiger partial charge on any atom is 0.185 e. The van der Waals surface area contributed by atoms with E-state index in [4.69, 9.17) is 35.4 Å². The summed E-state index contributed by atoms with van der Waals surface area (Å²) in [4.78, 5) is 21.6. The second kappa shape index (κ2) is 10.2. The summed E-state index contributed by atoms with van der Waals surface area (Å²) in [5.41, 5.74) is 2.63. The normalized spacial score (nSPS) is 11.4. The number of ketones is 1. The SMILES string of the molecule is Cc1cc(C)nc(CS(=O)(=O)c2ccc(CC(=S)CC(=O)c3ccc(Cl)cc3Cl)cc2)n1. The number of hydrogen-bond acceptors (Lipinski definition) is 6. The number of carbonyl (C=O) groups excluding carboxylic acids is 1. The third-order valence-corrected chi connectivity index (χ3v) is 7.09. The van der Waals surface area contributed by atoms with Gasteiger partial charge in [-0.3, -0.25) is 4.79 Å². The Bertz CT molecular complexity index is 1270. The molecule has 0 unspecified atom stereocenters. The predicted molar refractivity (Wildman–Crippen MR) is 131 cm³/mol. The van der Waals surface area contributed by atoms with Crippen molar-refractivity contribution < 1.29 is 13.2 Å². The molecule has 0 fully saturated rings. The van der Waals surface area contributed by atoms with Crippen LogP contribution in [0.3, 0.4) is 0 Å². The number of sulfone groups is 1. The van der Waals surface area contributed by atoms with Crippen molar-refractivity contribution in [3.63, 3.8) is 0 Å². The summed E-state index contributed by atoms with van der Waals surface area (Å²) < 4.78 is 25.5. The van der Waals surface area contributed by atoms with Crippen LogP contribution in [0.2, 0.25) is 10.0 Å². The van der Waals surface area contributed by atoms with Crippen molar-refractivity contribution in [3.05, 3.63) is 86.9 Å². The Balaban J connectivity index is 1.65. The Kier molecular flexibility index (Phi) is 7.77. The summed E-state index contributed by atoms with van der Waals surface area (Å²) >= 11 is 17.3. The lowest BCUT2D eigenvalue weighted by Gasteiger charge is -2.08. The molecule has 0 aliphatic heterocycles. The Labute approximate surface area is 202 Å². The molecule has 0 saturated carbocycles. The van der Waals surface area contributed by atoms with Crippen molar-refractivity contribution in [2.24, 2.45) is 0 Å². The summed E-state index contributed by atoms with van der Waals surface area (Å²) in [6, 6.07) is 13.0. The van der Waals surface area contributed by atoms with E-state index in [9.17, 15) is 13.2 Å². The van der Waals surface area contributed by atoms with Gasteiger partial charge in [0.25, 0.3) is 0 Å². The molecule has 3 aromatic rings. The molecule has 0 aliphatic rings. The first-order chi connectivity index (χ1) is 15.0. The van der Waals surface area contributed by atoms with Crippen LogP contribution >= 0.6 is 35.4 Å². The van der Waals surface area contributed by atoms with Gasteiger partial charge < -0.3 is 0 Å². The number of halogens is 2. The molecule has 0 aliphatic carbocycles. The molecule has 5 nitrogen and oxygen atoms in total. The second-order valence-corrected chi connectivity index (χ2v) is 10.8. The first-order valence-electron chi connectivity index (χ1n) is 9.66. The first-order valence-corrected chi connectivity index (χ1v) is 12.5. The van der Waals surface area contributed by atoms with Gasteiger partial charge in [-0.05, 0) is 55.8 Å². The summed E-state index contributed by atoms with van der Waals surface area (Å²) in [5.74, 6) is -0.194. The summed E-state index contributed by atoms with van der Waals surface area (Å²) in [6.45, 7) is 3.60. The van der Waals surface area contributed by atoms with Crippen LogP contribution in [0.25, 0.3) is 0 Å². The second-order valence-electron chi connectivity index (χ2n) is 7.41. The zero-order valence-electron chi connectivity index (χ0n) is 17.4. The fourth-order valence-corrected chi connectivity index (χ4v) is 5.21. The highest BCUT2D eigenvalue weighted by molar-refractivity contribution is 7.90. The molecular formula is C23H20Cl2N2O3S2. The van der Waals surface area contributed by atoms with Crippen LogP contribution in [0.15, 0.2) is 53.4 Å². The van der Waals surface area contributed by atoms with Gasteiger partial charge >= 0.3 is 0 Å². The third-order valence-electron chi connectivity index (χ3n) is 4.62. The third kappa shape index (κ3) is 6.42. The van der Waals surface area contributed by atoms with Crippen molar-refractivity contribution in [1.29, 1.82) is 0 Å². The van der Waals surface area contributed by atoms with Gasteiger partial charge in [-0.15, -0.1) is 0 Å². The standard InChI is InChI=1S/C23H20Cl2N2O3S2/c1-14-9-15(2)27-23(26-14)13-32(29,30)19-6-3-16(4-7-19)10-18(31)12-22(28)20-8-5-17(24)11-21(20)25/h3-9,11H,10,12-13H2,1-2H3. The van der Waals surface area contributed by atoms with Crippen LogP contribution in [-0.2, 0) is 22.0 Å². The van der Waals surface area contributed by atoms with E-state index in [2.05, 4.69) is 9.97 Å². The largest absolute Gasteiger partial charge is 0.294 e. The Morgan fingerprint density at radius 2 is 1.59 bits per heavy atom. The van der Waals surface area contributed by atoms with Crippen molar-refractivity contribution in [3.8, 4) is 0 Å². The molecule has 0 N–H and O–H groups in total. The van der Waals surface area contributed by atoms with Crippen molar-refractivity contribution in [2.45, 2.75) is 37.3 Å². The van der Waals surface area contributed by atoms with E-state index in [-0.39, 0.29) is 33.7 Å². The van der Waals surface area contributed by atoms with Crippen molar-refractivity contribution in [2.75, 3.05) is 0 Å². The highest BCUT2D eigenvalue weighted by atomic mass is 35.5. The molecule has 1 aromatic heterocycles. The van der Waals surface area contributed by atoms with Crippen LogP contribution in [0.4, 0.5) is 0 Å². The van der Waals surface area contributed by atoms with Gasteiger partial charge in [0, 0.05) is 39.7 Å². The molecule has 0 spiro atoms. The van der Waals surface area contributed by atoms with Crippen LogP contribution in [0.5, 0.6) is 0 Å². The number of hydrogen-bond donors (Lipinski definition) is 0. The zero-order chi connectivity index (χ0) is 23.5. The molecule has 0 radical (unpaired) electrons. The highest BCUT2D eigenvalue weighted by Gasteiger charge is 2.18. The minimum Gasteiger partial charge on any atom is -0.294 e. The maximum atomic E-state index is 12.7. The van der Waals surface area contributed by atoms with Crippen LogP contribution < -0.4 is 0 Å². The molecule has 9 heteroatoms. The van der Waals surface area contributed by atoms with E-state index in [1.807, 2.05) is 0 Å². The highest BCUT2D eigenvalue weighted by Crippen LogP contribution is 2.23. The molecule has 1 heterocycles. The fourth-order valence-electron chi connectivity index (χ4n) is 3.21. The molecule has 3 rings (SSSR count). The molecular weight excluding hydrogens is 487 g/mol. The number of nitrogens with zero attached hydrogens (tertiary/aromatic N) is 2. The van der Waals surface area contributed by atoms with Crippen molar-refractivity contribution in [1.82, 2.24) is 9.97 Å². The quantitative estimate of drug-likeness (QED) is 0.294. The number of rotatable bonds is 8. The van der Waals surface area contributed by atoms with Gasteiger partial charge in [-0.1, -0.05) is 47.6 Å². The van der Waals surface area contributed by atoms with Crippen LogP contribution in [0, 0.1) is 13.8 Å². The average Bonchev–Trinajstić information content (AvgIpc) is 2.67. The smallest absolute Gasteiger partial charge is 0.185 e. The van der Waals surface area contributed by atoms with Gasteiger partial charge in [0.15, 0.2) is 15.6 Å². The van der Waals surface area contributed by atoms with Crippen LogP contribution in [-0.4, -0.2) is 29.0 Å². The monoisotopic (exact) mass is 506 g/mol. The van der Waals surface area contributed by atoms with E-state index >= 15 is 0 Å². The number of benzene rings is 2. The topological polar surface area (TPSA) is 77.0 Å². The summed E-state index contributed by atoms with van der Waals surface area (Å²) in [5, 5.41) is 0.737. The van der Waals surface area contributed by atoms with Crippen LogP contribution in [0.1, 0.15) is 39.6 Å². The Morgan fingerprint density at radius 1 is 0.969 bits per heavy atom. The number of Topliss-reactive ketones (excluding diaryl/α,β-unsaturated/α-hetero) is 1. The summed E-state index contributed by atoms with van der Waals surface area (Å²) in [7, 11) is -3.59. The zero-order valence-corrected chi connectivity index (χ0v) is 20.6. The Hall–Kier alpha value is -2.19. The number of aromatic nitrogens is 2. The predicted octanol–water partition coefficient (Wildman–Crippen LogP) is 5.56. The maximum absolute atomic E-state index is 12.7. The fraction of sp³-hybridized carbons (Fsp3) is 0.217. The van der Waals surface area contributed by atoms with Gasteiger partial charge in [0.1, 0.15) is 11.6 Å². The van der Waals surface area contributed by atoms with E-state index < -0.39 is 9.84 Å². The Morgan fingerprint density at radius 3 is 2.19 bits per heavy atom. The molecule has 0 atom stereocenters. The van der Waals surface area contributed by atoms with E-state index in [0.29, 0.717) is 21.9 Å².